The van der Waals surface area contributed by atoms with Gasteiger partial charge in [-0.15, -0.1) is 0 Å². The molecule has 0 heterocycles. The lowest BCUT2D eigenvalue weighted by molar-refractivity contribution is 0.165. The molecule has 1 aliphatic carbocycles. The lowest BCUT2D eigenvalue weighted by Gasteiger charge is -2.29. The summed E-state index contributed by atoms with van der Waals surface area (Å²) >= 11 is 2.15. The van der Waals surface area contributed by atoms with Crippen molar-refractivity contribution in [1.29, 1.82) is 0 Å². The Morgan fingerprint density at radius 2 is 2.06 bits per heavy atom. The van der Waals surface area contributed by atoms with Gasteiger partial charge >= 0.3 is 0 Å². The molecular formula is C14H29NOS. The van der Waals surface area contributed by atoms with E-state index in [0.29, 0.717) is 0 Å². The molecule has 102 valence electrons. The Kier molecular flexibility index (Phi) is 7.56. The van der Waals surface area contributed by atoms with Gasteiger partial charge in [0, 0.05) is 10.8 Å². The molecule has 0 aliphatic heterocycles. The summed E-state index contributed by atoms with van der Waals surface area (Å²) in [6, 6.07) is 0. The fraction of sp³-hybridized carbons (Fsp3) is 1.00. The topological polar surface area (TPSA) is 32.3 Å². The second-order valence-corrected chi connectivity index (χ2v) is 6.93. The molecule has 0 aromatic rings. The molecule has 0 radical (unpaired) electrons. The molecule has 17 heavy (non-hydrogen) atoms. The van der Waals surface area contributed by atoms with Crippen LogP contribution in [-0.2, 0) is 0 Å². The van der Waals surface area contributed by atoms with E-state index in [-0.39, 0.29) is 12.1 Å². The predicted octanol–water partition coefficient (Wildman–Crippen LogP) is 3.19. The first kappa shape index (κ1) is 15.3. The zero-order chi connectivity index (χ0) is 12.6. The van der Waals surface area contributed by atoms with E-state index in [1.54, 1.807) is 0 Å². The molecule has 2 N–H and O–H groups in total. The average Bonchev–Trinajstić information content (AvgIpc) is 2.85. The number of rotatable bonds is 9. The molecule has 1 fully saturated rings. The average molecular weight is 259 g/mol. The van der Waals surface area contributed by atoms with Crippen molar-refractivity contribution in [2.45, 2.75) is 69.6 Å². The van der Waals surface area contributed by atoms with E-state index in [4.69, 9.17) is 0 Å². The van der Waals surface area contributed by atoms with Gasteiger partial charge in [-0.3, -0.25) is 0 Å². The van der Waals surface area contributed by atoms with Crippen LogP contribution in [-0.4, -0.2) is 34.8 Å². The van der Waals surface area contributed by atoms with Crippen LogP contribution in [0.25, 0.3) is 0 Å². The molecule has 0 bridgehead atoms. The number of aliphatic hydroxyl groups is 1. The number of hydrogen-bond acceptors (Lipinski definition) is 3. The highest BCUT2D eigenvalue weighted by Crippen LogP contribution is 2.30. The quantitative estimate of drug-likeness (QED) is 0.624. The molecule has 1 saturated carbocycles. The van der Waals surface area contributed by atoms with E-state index in [1.165, 1.54) is 37.9 Å². The van der Waals surface area contributed by atoms with Gasteiger partial charge in [0.15, 0.2) is 0 Å². The van der Waals surface area contributed by atoms with Crippen molar-refractivity contribution in [1.82, 2.24) is 5.32 Å². The van der Waals surface area contributed by atoms with Crippen LogP contribution in [0.1, 0.15) is 58.8 Å². The van der Waals surface area contributed by atoms with Crippen LogP contribution in [0, 0.1) is 0 Å². The number of thioether (sulfide) groups is 1. The first-order valence-corrected chi connectivity index (χ1v) is 8.22. The molecule has 0 amide bonds. The molecule has 0 spiro atoms. The standard InChI is InChI=1S/C14H29NOS/c1-3-10-15-14(2,12-16)9-6-11-17-13-7-4-5-8-13/h13,15-16H,3-12H2,1-2H3. The van der Waals surface area contributed by atoms with Crippen LogP contribution < -0.4 is 5.32 Å². The number of nitrogens with one attached hydrogen (secondary N) is 1. The van der Waals surface area contributed by atoms with Crippen LogP contribution in [0.5, 0.6) is 0 Å². The van der Waals surface area contributed by atoms with E-state index < -0.39 is 0 Å². The van der Waals surface area contributed by atoms with Crippen molar-refractivity contribution in [2.24, 2.45) is 0 Å². The van der Waals surface area contributed by atoms with Gasteiger partial charge in [0.2, 0.25) is 0 Å². The van der Waals surface area contributed by atoms with Crippen LogP contribution in [0.2, 0.25) is 0 Å². The fourth-order valence-electron chi connectivity index (χ4n) is 2.42. The van der Waals surface area contributed by atoms with Gasteiger partial charge in [-0.1, -0.05) is 19.8 Å². The SMILES string of the molecule is CCCNC(C)(CO)CCCSC1CCCC1. The monoisotopic (exact) mass is 259 g/mol. The van der Waals surface area contributed by atoms with Gasteiger partial charge in [-0.25, -0.2) is 0 Å². The maximum atomic E-state index is 9.45. The lowest BCUT2D eigenvalue weighted by Crippen LogP contribution is -2.46. The van der Waals surface area contributed by atoms with Gasteiger partial charge in [0.25, 0.3) is 0 Å². The minimum Gasteiger partial charge on any atom is -0.394 e. The summed E-state index contributed by atoms with van der Waals surface area (Å²) in [7, 11) is 0. The van der Waals surface area contributed by atoms with Gasteiger partial charge in [-0.2, -0.15) is 11.8 Å². The minimum atomic E-state index is -0.0632. The van der Waals surface area contributed by atoms with Crippen molar-refractivity contribution in [3.8, 4) is 0 Å². The number of hydrogen-bond donors (Lipinski definition) is 2. The zero-order valence-corrected chi connectivity index (χ0v) is 12.3. The smallest absolute Gasteiger partial charge is 0.0610 e. The highest BCUT2D eigenvalue weighted by molar-refractivity contribution is 7.99. The maximum absolute atomic E-state index is 9.45. The Bertz CT molecular complexity index is 195. The van der Waals surface area contributed by atoms with Gasteiger partial charge in [-0.05, 0) is 51.3 Å². The third-order valence-electron chi connectivity index (χ3n) is 3.68. The highest BCUT2D eigenvalue weighted by atomic mass is 32.2. The van der Waals surface area contributed by atoms with Crippen molar-refractivity contribution < 1.29 is 5.11 Å². The maximum Gasteiger partial charge on any atom is 0.0610 e. The normalized spacial score (nSPS) is 20.6. The molecule has 0 aromatic heterocycles. The van der Waals surface area contributed by atoms with Gasteiger partial charge in [0.05, 0.1) is 6.61 Å². The lowest BCUT2D eigenvalue weighted by atomic mass is 9.97. The molecule has 1 rings (SSSR count). The van der Waals surface area contributed by atoms with Gasteiger partial charge < -0.3 is 10.4 Å². The van der Waals surface area contributed by atoms with Crippen molar-refractivity contribution in [3.05, 3.63) is 0 Å². The Labute approximate surface area is 111 Å². The fourth-order valence-corrected chi connectivity index (χ4v) is 3.73. The molecule has 1 aliphatic rings. The highest BCUT2D eigenvalue weighted by Gasteiger charge is 2.22. The molecule has 0 saturated heterocycles. The number of aliphatic hydroxyl groups excluding tert-OH is 1. The van der Waals surface area contributed by atoms with Crippen LogP contribution in [0.15, 0.2) is 0 Å². The summed E-state index contributed by atoms with van der Waals surface area (Å²) in [5, 5.41) is 13.8. The summed E-state index contributed by atoms with van der Waals surface area (Å²) in [5.74, 6) is 1.26. The molecule has 1 atom stereocenters. The minimum absolute atomic E-state index is 0.0632. The second kappa shape index (κ2) is 8.39. The van der Waals surface area contributed by atoms with E-state index in [1.807, 2.05) is 0 Å². The summed E-state index contributed by atoms with van der Waals surface area (Å²) in [6.45, 7) is 5.57. The summed E-state index contributed by atoms with van der Waals surface area (Å²) in [6.07, 6.45) is 9.16. The van der Waals surface area contributed by atoms with Crippen molar-refractivity contribution in [2.75, 3.05) is 18.9 Å². The molecular weight excluding hydrogens is 230 g/mol. The van der Waals surface area contributed by atoms with Gasteiger partial charge in [0.1, 0.15) is 0 Å². The van der Waals surface area contributed by atoms with Crippen molar-refractivity contribution >= 4 is 11.8 Å². The first-order chi connectivity index (χ1) is 8.20. The largest absolute Gasteiger partial charge is 0.394 e. The van der Waals surface area contributed by atoms with Crippen molar-refractivity contribution in [3.63, 3.8) is 0 Å². The summed E-state index contributed by atoms with van der Waals surface area (Å²) < 4.78 is 0. The van der Waals surface area contributed by atoms with Crippen LogP contribution >= 0.6 is 11.8 Å². The Morgan fingerprint density at radius 1 is 1.35 bits per heavy atom. The predicted molar refractivity (Wildman–Crippen MR) is 77.7 cm³/mol. The Hall–Kier alpha value is 0.270. The summed E-state index contributed by atoms with van der Waals surface area (Å²) in [4.78, 5) is 0. The van der Waals surface area contributed by atoms with Crippen LogP contribution in [0.3, 0.4) is 0 Å². The zero-order valence-electron chi connectivity index (χ0n) is 11.5. The van der Waals surface area contributed by atoms with E-state index >= 15 is 0 Å². The Morgan fingerprint density at radius 3 is 2.65 bits per heavy atom. The Balaban J connectivity index is 2.09. The van der Waals surface area contributed by atoms with E-state index in [9.17, 15) is 5.11 Å². The van der Waals surface area contributed by atoms with Crippen LogP contribution in [0.4, 0.5) is 0 Å². The third-order valence-corrected chi connectivity index (χ3v) is 5.15. The molecule has 2 nitrogen and oxygen atoms in total. The van der Waals surface area contributed by atoms with E-state index in [2.05, 4.69) is 30.9 Å². The first-order valence-electron chi connectivity index (χ1n) is 7.17. The molecule has 0 aromatic carbocycles. The molecule has 3 heteroatoms. The summed E-state index contributed by atoms with van der Waals surface area (Å²) in [5.41, 5.74) is -0.0632. The third kappa shape index (κ3) is 6.12. The second-order valence-electron chi connectivity index (χ2n) is 5.53. The van der Waals surface area contributed by atoms with E-state index in [0.717, 1.165) is 24.6 Å². The molecule has 1 unspecified atom stereocenters.